The monoisotopic (exact) mass is 350 g/mol. The molecule has 3 rings (SSSR count). The number of thiophene rings is 1. The normalized spacial score (nSPS) is 12.9. The minimum atomic E-state index is -0.325. The lowest BCUT2D eigenvalue weighted by molar-refractivity contribution is -0.481. The van der Waals surface area contributed by atoms with E-state index in [9.17, 15) is 10.1 Å². The van der Waals surface area contributed by atoms with E-state index in [1.54, 1.807) is 12.2 Å². The van der Waals surface area contributed by atoms with Gasteiger partial charge in [0.05, 0.1) is 11.6 Å². The fourth-order valence-corrected chi connectivity index (χ4v) is 3.92. The molecular weight excluding hydrogens is 332 g/mol. The zero-order valence-corrected chi connectivity index (χ0v) is 14.5. The van der Waals surface area contributed by atoms with Gasteiger partial charge in [0.1, 0.15) is 0 Å². The second-order valence-electron chi connectivity index (χ2n) is 5.60. The molecule has 126 valence electrons. The molecule has 1 atom stereocenters. The van der Waals surface area contributed by atoms with E-state index in [0.717, 1.165) is 32.6 Å². The smallest absolute Gasteiger partial charge is 0.215 e. The quantitative estimate of drug-likeness (QED) is 0.353. The highest BCUT2D eigenvalue weighted by Crippen LogP contribution is 2.38. The van der Waals surface area contributed by atoms with Gasteiger partial charge in [-0.05, 0) is 23.1 Å². The van der Waals surface area contributed by atoms with Gasteiger partial charge in [0, 0.05) is 26.3 Å². The summed E-state index contributed by atoms with van der Waals surface area (Å²) >= 11 is 1.54. The van der Waals surface area contributed by atoms with Gasteiger partial charge < -0.3 is 4.98 Å². The largest absolute Gasteiger partial charge is 0.354 e. The Balaban J connectivity index is 2.31. The van der Waals surface area contributed by atoms with Gasteiger partial charge >= 0.3 is 0 Å². The summed E-state index contributed by atoms with van der Waals surface area (Å²) in [5.41, 5.74) is 3.61. The van der Waals surface area contributed by atoms with Crippen LogP contribution in [-0.2, 0) is 0 Å². The van der Waals surface area contributed by atoms with Crippen molar-refractivity contribution in [3.8, 4) is 0 Å². The summed E-state index contributed by atoms with van der Waals surface area (Å²) in [6.07, 6.45) is 5.30. The molecule has 0 aliphatic carbocycles. The highest BCUT2D eigenvalue weighted by Gasteiger charge is 2.28. The van der Waals surface area contributed by atoms with Gasteiger partial charge in [-0.2, -0.15) is 0 Å². The second-order valence-corrected chi connectivity index (χ2v) is 6.58. The number of nitro groups is 1. The molecule has 0 radical (unpaired) electrons. The number of H-pyrrole nitrogens is 1. The number of para-hydroxylation sites is 1. The average Bonchev–Trinajstić information content (AvgIpc) is 3.25. The maximum atomic E-state index is 11.4. The van der Waals surface area contributed by atoms with Crippen molar-refractivity contribution < 1.29 is 4.92 Å². The molecule has 5 heteroatoms. The lowest BCUT2D eigenvalue weighted by Crippen LogP contribution is -2.14. The topological polar surface area (TPSA) is 58.9 Å². The van der Waals surface area contributed by atoms with E-state index in [1.165, 1.54) is 11.3 Å². The van der Waals surface area contributed by atoms with E-state index in [4.69, 9.17) is 0 Å². The van der Waals surface area contributed by atoms with Gasteiger partial charge in [-0.1, -0.05) is 55.7 Å². The zero-order valence-electron chi connectivity index (χ0n) is 13.6. The van der Waals surface area contributed by atoms with E-state index in [1.807, 2.05) is 47.9 Å². The molecular formula is C20H18N2O2S. The van der Waals surface area contributed by atoms with Crippen LogP contribution in [0.2, 0.25) is 0 Å². The third-order valence-corrected chi connectivity index (χ3v) is 5.10. The fraction of sp³-hybridized carbons (Fsp3) is 0.100. The first kappa shape index (κ1) is 16.9. The van der Waals surface area contributed by atoms with Crippen LogP contribution in [0.1, 0.15) is 22.1 Å². The molecule has 0 spiro atoms. The molecule has 3 aromatic rings. The summed E-state index contributed by atoms with van der Waals surface area (Å²) in [6, 6.07) is 11.8. The summed E-state index contributed by atoms with van der Waals surface area (Å²) < 4.78 is 0. The third kappa shape index (κ3) is 3.32. The van der Waals surface area contributed by atoms with Gasteiger partial charge in [0.15, 0.2) is 0 Å². The number of aromatic nitrogens is 1. The van der Waals surface area contributed by atoms with E-state index < -0.39 is 0 Å². The minimum Gasteiger partial charge on any atom is -0.354 e. The van der Waals surface area contributed by atoms with Crippen molar-refractivity contribution in [2.75, 3.05) is 6.54 Å². The van der Waals surface area contributed by atoms with Crippen molar-refractivity contribution in [1.29, 1.82) is 0 Å². The molecule has 0 saturated heterocycles. The van der Waals surface area contributed by atoms with Crippen molar-refractivity contribution >= 4 is 27.8 Å². The molecule has 2 heterocycles. The molecule has 25 heavy (non-hydrogen) atoms. The van der Waals surface area contributed by atoms with E-state index in [-0.39, 0.29) is 17.4 Å². The molecule has 0 aliphatic rings. The molecule has 0 aliphatic heterocycles. The van der Waals surface area contributed by atoms with Crippen molar-refractivity contribution in [3.05, 3.63) is 99.4 Å². The Morgan fingerprint density at radius 2 is 2.08 bits per heavy atom. The average molecular weight is 350 g/mol. The first-order valence-corrected chi connectivity index (χ1v) is 8.75. The maximum absolute atomic E-state index is 11.4. The van der Waals surface area contributed by atoms with E-state index in [2.05, 4.69) is 18.1 Å². The minimum absolute atomic E-state index is 0.159. The van der Waals surface area contributed by atoms with Crippen LogP contribution in [0.5, 0.6) is 0 Å². The van der Waals surface area contributed by atoms with Crippen molar-refractivity contribution in [2.45, 2.75) is 5.92 Å². The SMILES string of the molecule is C=C/C=C(\C=C)c1[nH]c2ccccc2c1C(C[N+](=O)[O-])c1cccs1. The Kier molecular flexibility index (Phi) is 4.95. The summed E-state index contributed by atoms with van der Waals surface area (Å²) in [5, 5.41) is 14.3. The van der Waals surface area contributed by atoms with Crippen LogP contribution in [0.3, 0.4) is 0 Å². The Hall–Kier alpha value is -2.92. The van der Waals surface area contributed by atoms with Crippen LogP contribution in [0.15, 0.2) is 73.2 Å². The number of nitrogens with zero attached hydrogens (tertiary/aromatic N) is 1. The van der Waals surface area contributed by atoms with E-state index >= 15 is 0 Å². The number of fused-ring (bicyclic) bond motifs is 1. The van der Waals surface area contributed by atoms with Crippen LogP contribution in [0.4, 0.5) is 0 Å². The number of aromatic amines is 1. The summed E-state index contributed by atoms with van der Waals surface area (Å²) in [5.74, 6) is -0.325. The van der Waals surface area contributed by atoms with Gasteiger partial charge in [0.2, 0.25) is 6.54 Å². The number of nitrogens with one attached hydrogen (secondary N) is 1. The molecule has 0 amide bonds. The van der Waals surface area contributed by atoms with Crippen LogP contribution < -0.4 is 0 Å². The molecule has 4 nitrogen and oxygen atoms in total. The molecule has 0 bridgehead atoms. The van der Waals surface area contributed by atoms with Gasteiger partial charge in [-0.15, -0.1) is 11.3 Å². The highest BCUT2D eigenvalue weighted by atomic mass is 32.1. The molecule has 1 N–H and O–H groups in total. The van der Waals surface area contributed by atoms with Crippen LogP contribution in [-0.4, -0.2) is 16.5 Å². The van der Waals surface area contributed by atoms with Crippen LogP contribution in [0.25, 0.3) is 16.5 Å². The molecule has 0 saturated carbocycles. The summed E-state index contributed by atoms with van der Waals surface area (Å²) in [7, 11) is 0. The summed E-state index contributed by atoms with van der Waals surface area (Å²) in [4.78, 5) is 15.5. The van der Waals surface area contributed by atoms with Crippen LogP contribution in [0, 0.1) is 10.1 Å². The van der Waals surface area contributed by atoms with E-state index in [0.29, 0.717) is 0 Å². The van der Waals surface area contributed by atoms with Gasteiger partial charge in [-0.25, -0.2) is 0 Å². The number of hydrogen-bond donors (Lipinski definition) is 1. The van der Waals surface area contributed by atoms with Crippen LogP contribution >= 0.6 is 11.3 Å². The lowest BCUT2D eigenvalue weighted by Gasteiger charge is -2.14. The zero-order chi connectivity index (χ0) is 17.8. The Bertz CT molecular complexity index is 951. The third-order valence-electron chi connectivity index (χ3n) is 4.12. The van der Waals surface area contributed by atoms with Crippen molar-refractivity contribution in [2.24, 2.45) is 0 Å². The first-order chi connectivity index (χ1) is 12.2. The number of rotatable bonds is 7. The Morgan fingerprint density at radius 3 is 2.72 bits per heavy atom. The Morgan fingerprint density at radius 1 is 1.28 bits per heavy atom. The Labute approximate surface area is 150 Å². The standard InChI is InChI=1S/C20H18N2O2S/c1-3-8-14(4-2)20-19(15-9-5-6-10-17(15)21-20)16(13-22(23)24)18-11-7-12-25-18/h3-12,16,21H,1-2,13H2/b14-8+. The summed E-state index contributed by atoms with van der Waals surface area (Å²) in [6.45, 7) is 7.48. The first-order valence-electron chi connectivity index (χ1n) is 7.87. The van der Waals surface area contributed by atoms with Gasteiger partial charge in [-0.3, -0.25) is 10.1 Å². The number of allylic oxidation sites excluding steroid dienone is 4. The second kappa shape index (κ2) is 7.32. The lowest BCUT2D eigenvalue weighted by atomic mass is 9.91. The fourth-order valence-electron chi connectivity index (χ4n) is 3.10. The molecule has 2 aromatic heterocycles. The molecule has 1 aromatic carbocycles. The van der Waals surface area contributed by atoms with Crippen molar-refractivity contribution in [3.63, 3.8) is 0 Å². The maximum Gasteiger partial charge on any atom is 0.215 e. The van der Waals surface area contributed by atoms with Crippen molar-refractivity contribution in [1.82, 2.24) is 4.98 Å². The number of benzene rings is 1. The number of hydrogen-bond acceptors (Lipinski definition) is 3. The molecule has 1 unspecified atom stereocenters. The predicted molar refractivity (Wildman–Crippen MR) is 105 cm³/mol. The predicted octanol–water partition coefficient (Wildman–Crippen LogP) is 5.39. The highest BCUT2D eigenvalue weighted by molar-refractivity contribution is 7.10. The molecule has 0 fully saturated rings. The van der Waals surface area contributed by atoms with Gasteiger partial charge in [0.25, 0.3) is 0 Å².